The molecule has 0 atom stereocenters. The van der Waals surface area contributed by atoms with Crippen molar-refractivity contribution in [3.05, 3.63) is 12.7 Å². The number of allylic oxidation sites excluding steroid dienone is 1. The van der Waals surface area contributed by atoms with E-state index in [4.69, 9.17) is 9.47 Å². The summed E-state index contributed by atoms with van der Waals surface area (Å²) < 4.78 is 10.1. The SMILES string of the molecule is C=CCC1CCC(C(C(=O)OCC)C(=O)OCC)CC1. The molecular weight excluding hydrogens is 256 g/mol. The zero-order valence-electron chi connectivity index (χ0n) is 12.6. The van der Waals surface area contributed by atoms with Crippen molar-refractivity contribution < 1.29 is 19.1 Å². The van der Waals surface area contributed by atoms with Crippen LogP contribution in [0.15, 0.2) is 12.7 Å². The number of hydrogen-bond acceptors (Lipinski definition) is 4. The second-order valence-corrected chi connectivity index (χ2v) is 5.29. The molecule has 20 heavy (non-hydrogen) atoms. The van der Waals surface area contributed by atoms with Gasteiger partial charge in [-0.05, 0) is 57.8 Å². The van der Waals surface area contributed by atoms with Gasteiger partial charge in [-0.3, -0.25) is 9.59 Å². The molecule has 1 aliphatic carbocycles. The van der Waals surface area contributed by atoms with Gasteiger partial charge in [0, 0.05) is 0 Å². The molecule has 0 aromatic carbocycles. The second-order valence-electron chi connectivity index (χ2n) is 5.29. The summed E-state index contributed by atoms with van der Waals surface area (Å²) in [5.41, 5.74) is 0. The third-order valence-electron chi connectivity index (χ3n) is 3.94. The molecule has 0 heterocycles. The van der Waals surface area contributed by atoms with Crippen LogP contribution in [0.5, 0.6) is 0 Å². The third-order valence-corrected chi connectivity index (χ3v) is 3.94. The van der Waals surface area contributed by atoms with Crippen molar-refractivity contribution in [3.8, 4) is 0 Å². The molecule has 114 valence electrons. The van der Waals surface area contributed by atoms with Gasteiger partial charge in [0.1, 0.15) is 0 Å². The first-order valence-corrected chi connectivity index (χ1v) is 7.58. The number of esters is 2. The molecule has 1 fully saturated rings. The normalized spacial score (nSPS) is 22.4. The van der Waals surface area contributed by atoms with Crippen LogP contribution < -0.4 is 0 Å². The Morgan fingerprint density at radius 1 is 1.10 bits per heavy atom. The third kappa shape index (κ3) is 4.66. The number of hydrogen-bond donors (Lipinski definition) is 0. The lowest BCUT2D eigenvalue weighted by Gasteiger charge is -2.31. The van der Waals surface area contributed by atoms with Gasteiger partial charge in [0.2, 0.25) is 0 Å². The van der Waals surface area contributed by atoms with Crippen molar-refractivity contribution in [2.75, 3.05) is 13.2 Å². The minimum atomic E-state index is -0.750. The van der Waals surface area contributed by atoms with Crippen LogP contribution >= 0.6 is 0 Å². The smallest absolute Gasteiger partial charge is 0.320 e. The first-order chi connectivity index (χ1) is 9.63. The summed E-state index contributed by atoms with van der Waals surface area (Å²) in [6.45, 7) is 7.85. The number of ether oxygens (including phenoxy) is 2. The Balaban J connectivity index is 2.66. The van der Waals surface area contributed by atoms with Crippen LogP contribution in [-0.2, 0) is 19.1 Å². The molecule has 4 nitrogen and oxygen atoms in total. The van der Waals surface area contributed by atoms with Crippen LogP contribution in [0, 0.1) is 17.8 Å². The molecule has 1 saturated carbocycles. The van der Waals surface area contributed by atoms with E-state index in [1.807, 2.05) is 6.08 Å². The highest BCUT2D eigenvalue weighted by Gasteiger charge is 2.39. The lowest BCUT2D eigenvalue weighted by atomic mass is 9.75. The molecular formula is C16H26O4. The number of rotatable bonds is 7. The van der Waals surface area contributed by atoms with E-state index >= 15 is 0 Å². The first kappa shape index (κ1) is 16.7. The fourth-order valence-electron chi connectivity index (χ4n) is 2.94. The van der Waals surface area contributed by atoms with E-state index in [1.165, 1.54) is 0 Å². The number of carbonyl (C=O) groups is 2. The summed E-state index contributed by atoms with van der Waals surface area (Å²) in [6.07, 6.45) is 6.77. The molecule has 0 radical (unpaired) electrons. The van der Waals surface area contributed by atoms with E-state index in [-0.39, 0.29) is 5.92 Å². The molecule has 0 spiro atoms. The van der Waals surface area contributed by atoms with E-state index in [0.717, 1.165) is 32.1 Å². The maximum atomic E-state index is 12.0. The van der Waals surface area contributed by atoms with Gasteiger partial charge in [0.05, 0.1) is 13.2 Å². The molecule has 0 saturated heterocycles. The Morgan fingerprint density at radius 2 is 1.60 bits per heavy atom. The average Bonchev–Trinajstić information content (AvgIpc) is 2.42. The summed E-state index contributed by atoms with van der Waals surface area (Å²) >= 11 is 0. The summed E-state index contributed by atoms with van der Waals surface area (Å²) in [4.78, 5) is 24.1. The Morgan fingerprint density at radius 3 is 2.00 bits per heavy atom. The molecule has 0 aromatic rings. The fourth-order valence-corrected chi connectivity index (χ4v) is 2.94. The van der Waals surface area contributed by atoms with Crippen LogP contribution in [-0.4, -0.2) is 25.2 Å². The molecule has 1 rings (SSSR count). The molecule has 0 aromatic heterocycles. The zero-order chi connectivity index (χ0) is 15.0. The highest BCUT2D eigenvalue weighted by molar-refractivity contribution is 5.95. The van der Waals surface area contributed by atoms with Gasteiger partial charge in [-0.1, -0.05) is 6.08 Å². The monoisotopic (exact) mass is 282 g/mol. The molecule has 0 unspecified atom stereocenters. The van der Waals surface area contributed by atoms with E-state index in [1.54, 1.807) is 13.8 Å². The molecule has 0 N–H and O–H groups in total. The van der Waals surface area contributed by atoms with Crippen molar-refractivity contribution in [2.45, 2.75) is 46.0 Å². The van der Waals surface area contributed by atoms with E-state index in [9.17, 15) is 9.59 Å². The Kier molecular flexibility index (Phi) is 7.34. The lowest BCUT2D eigenvalue weighted by molar-refractivity contribution is -0.165. The van der Waals surface area contributed by atoms with E-state index in [2.05, 4.69) is 6.58 Å². The molecule has 4 heteroatoms. The van der Waals surface area contributed by atoms with Crippen LogP contribution in [0.1, 0.15) is 46.0 Å². The Hall–Kier alpha value is -1.32. The van der Waals surface area contributed by atoms with Gasteiger partial charge in [-0.25, -0.2) is 0 Å². The van der Waals surface area contributed by atoms with Gasteiger partial charge in [-0.2, -0.15) is 0 Å². The molecule has 0 amide bonds. The van der Waals surface area contributed by atoms with E-state index < -0.39 is 17.9 Å². The highest BCUT2D eigenvalue weighted by atomic mass is 16.6. The van der Waals surface area contributed by atoms with Crippen molar-refractivity contribution >= 4 is 11.9 Å². The molecule has 0 aliphatic heterocycles. The quantitative estimate of drug-likeness (QED) is 0.409. The van der Waals surface area contributed by atoms with Gasteiger partial charge in [0.15, 0.2) is 5.92 Å². The maximum Gasteiger partial charge on any atom is 0.320 e. The van der Waals surface area contributed by atoms with Crippen molar-refractivity contribution in [3.63, 3.8) is 0 Å². The summed E-state index contributed by atoms with van der Waals surface area (Å²) in [6, 6.07) is 0. The molecule has 0 bridgehead atoms. The first-order valence-electron chi connectivity index (χ1n) is 7.58. The molecule has 1 aliphatic rings. The standard InChI is InChI=1S/C16H26O4/c1-4-7-12-8-10-13(11-9-12)14(15(17)19-5-2)16(18)20-6-3/h4,12-14H,1,5-11H2,2-3H3. The second kappa shape index (κ2) is 8.77. The van der Waals surface area contributed by atoms with Crippen LogP contribution in [0.3, 0.4) is 0 Å². The topological polar surface area (TPSA) is 52.6 Å². The van der Waals surface area contributed by atoms with Crippen molar-refractivity contribution in [1.82, 2.24) is 0 Å². The average molecular weight is 282 g/mol. The Bertz CT molecular complexity index is 311. The van der Waals surface area contributed by atoms with Gasteiger partial charge in [-0.15, -0.1) is 6.58 Å². The van der Waals surface area contributed by atoms with Crippen LogP contribution in [0.2, 0.25) is 0 Å². The van der Waals surface area contributed by atoms with Gasteiger partial charge < -0.3 is 9.47 Å². The van der Waals surface area contributed by atoms with Crippen molar-refractivity contribution in [1.29, 1.82) is 0 Å². The van der Waals surface area contributed by atoms with Crippen molar-refractivity contribution in [2.24, 2.45) is 17.8 Å². The summed E-state index contributed by atoms with van der Waals surface area (Å²) in [5, 5.41) is 0. The van der Waals surface area contributed by atoms with Gasteiger partial charge in [0.25, 0.3) is 0 Å². The maximum absolute atomic E-state index is 12.0. The predicted molar refractivity (Wildman–Crippen MR) is 77.0 cm³/mol. The van der Waals surface area contributed by atoms with Crippen LogP contribution in [0.25, 0.3) is 0 Å². The van der Waals surface area contributed by atoms with E-state index in [0.29, 0.717) is 19.1 Å². The number of carbonyl (C=O) groups excluding carboxylic acids is 2. The fraction of sp³-hybridized carbons (Fsp3) is 0.750. The predicted octanol–water partition coefficient (Wildman–Crippen LogP) is 3.11. The zero-order valence-corrected chi connectivity index (χ0v) is 12.6. The Labute approximate surface area is 121 Å². The summed E-state index contributed by atoms with van der Waals surface area (Å²) in [5.74, 6) is -0.932. The minimum absolute atomic E-state index is 0.0502. The minimum Gasteiger partial charge on any atom is -0.465 e. The van der Waals surface area contributed by atoms with Crippen LogP contribution in [0.4, 0.5) is 0 Å². The summed E-state index contributed by atoms with van der Waals surface area (Å²) in [7, 11) is 0. The highest BCUT2D eigenvalue weighted by Crippen LogP contribution is 2.36. The lowest BCUT2D eigenvalue weighted by Crippen LogP contribution is -2.36. The van der Waals surface area contributed by atoms with Gasteiger partial charge >= 0.3 is 11.9 Å². The largest absolute Gasteiger partial charge is 0.465 e.